The molecule has 1 aliphatic carbocycles. The summed E-state index contributed by atoms with van der Waals surface area (Å²) in [5.74, 6) is 0.808. The molecule has 2 aromatic rings. The van der Waals surface area contributed by atoms with E-state index in [0.717, 1.165) is 22.0 Å². The van der Waals surface area contributed by atoms with E-state index >= 15 is 0 Å². The van der Waals surface area contributed by atoms with Gasteiger partial charge in [0.25, 0.3) is 0 Å². The standard InChI is InChI=1S/C15H17BrN2O2/c1-15(14(17)19,18-8-9-2-3-9)13-7-10-6-11(16)4-5-12(10)20-13/h4-7,9,18H,2-3,8H2,1H3,(H2,17,19). The minimum absolute atomic E-state index is 0.420. The first-order valence-electron chi connectivity index (χ1n) is 6.73. The van der Waals surface area contributed by atoms with Crippen LogP contribution in [0.4, 0.5) is 0 Å². The Morgan fingerprint density at radius 1 is 1.50 bits per heavy atom. The molecule has 1 aliphatic rings. The fourth-order valence-corrected chi connectivity index (χ4v) is 2.61. The predicted octanol–water partition coefficient (Wildman–Crippen LogP) is 2.90. The van der Waals surface area contributed by atoms with Crippen LogP contribution in [0.5, 0.6) is 0 Å². The minimum Gasteiger partial charge on any atom is -0.459 e. The number of carbonyl (C=O) groups excluding carboxylic acids is 1. The van der Waals surface area contributed by atoms with Crippen molar-refractivity contribution in [2.45, 2.75) is 25.3 Å². The lowest BCUT2D eigenvalue weighted by atomic mass is 9.97. The van der Waals surface area contributed by atoms with Crippen LogP contribution in [0.2, 0.25) is 0 Å². The molecule has 0 aliphatic heterocycles. The Hall–Kier alpha value is -1.33. The summed E-state index contributed by atoms with van der Waals surface area (Å²) >= 11 is 3.43. The monoisotopic (exact) mass is 336 g/mol. The summed E-state index contributed by atoms with van der Waals surface area (Å²) in [4.78, 5) is 11.9. The summed E-state index contributed by atoms with van der Waals surface area (Å²) in [5, 5.41) is 4.22. The largest absolute Gasteiger partial charge is 0.459 e. The zero-order chi connectivity index (χ0) is 14.3. The lowest BCUT2D eigenvalue weighted by molar-refractivity contribution is -0.124. The van der Waals surface area contributed by atoms with Crippen LogP contribution < -0.4 is 11.1 Å². The first-order valence-corrected chi connectivity index (χ1v) is 7.53. The van der Waals surface area contributed by atoms with Crippen molar-refractivity contribution < 1.29 is 9.21 Å². The number of fused-ring (bicyclic) bond motifs is 1. The van der Waals surface area contributed by atoms with Gasteiger partial charge in [-0.05, 0) is 56.5 Å². The Balaban J connectivity index is 1.96. The molecule has 106 valence electrons. The molecule has 3 N–H and O–H groups in total. The summed E-state index contributed by atoms with van der Waals surface area (Å²) in [5.41, 5.74) is 5.38. The van der Waals surface area contributed by atoms with E-state index < -0.39 is 11.4 Å². The molecule has 0 saturated heterocycles. The SMILES string of the molecule is CC(NCC1CC1)(C(N)=O)c1cc2cc(Br)ccc2o1. The van der Waals surface area contributed by atoms with Crippen molar-refractivity contribution in [1.82, 2.24) is 5.32 Å². The molecular formula is C15H17BrN2O2. The second kappa shape index (κ2) is 4.90. The van der Waals surface area contributed by atoms with Gasteiger partial charge in [0.2, 0.25) is 5.91 Å². The molecule has 3 rings (SSSR count). The smallest absolute Gasteiger partial charge is 0.245 e. The molecule has 1 atom stereocenters. The number of carbonyl (C=O) groups is 1. The molecule has 1 aromatic heterocycles. The van der Waals surface area contributed by atoms with E-state index in [1.54, 1.807) is 6.92 Å². The van der Waals surface area contributed by atoms with Crippen LogP contribution in [0, 0.1) is 5.92 Å². The van der Waals surface area contributed by atoms with Gasteiger partial charge in [0.1, 0.15) is 11.3 Å². The number of benzene rings is 1. The van der Waals surface area contributed by atoms with Gasteiger partial charge < -0.3 is 10.2 Å². The molecule has 1 unspecified atom stereocenters. The highest BCUT2D eigenvalue weighted by molar-refractivity contribution is 9.10. The Bertz CT molecular complexity index is 663. The first kappa shape index (κ1) is 13.6. The maximum Gasteiger partial charge on any atom is 0.245 e. The van der Waals surface area contributed by atoms with Crippen LogP contribution in [0.1, 0.15) is 25.5 Å². The van der Waals surface area contributed by atoms with E-state index in [2.05, 4.69) is 21.2 Å². The average molecular weight is 337 g/mol. The fraction of sp³-hybridized carbons (Fsp3) is 0.400. The second-order valence-corrected chi connectivity index (χ2v) is 6.52. The summed E-state index contributed by atoms with van der Waals surface area (Å²) in [6.45, 7) is 2.57. The van der Waals surface area contributed by atoms with Gasteiger partial charge in [-0.15, -0.1) is 0 Å². The Morgan fingerprint density at radius 3 is 2.90 bits per heavy atom. The van der Waals surface area contributed by atoms with Crippen LogP contribution in [0.3, 0.4) is 0 Å². The molecule has 4 nitrogen and oxygen atoms in total. The molecule has 20 heavy (non-hydrogen) atoms. The van der Waals surface area contributed by atoms with E-state index in [1.165, 1.54) is 12.8 Å². The summed E-state index contributed by atoms with van der Waals surface area (Å²) < 4.78 is 6.79. The zero-order valence-electron chi connectivity index (χ0n) is 11.3. The van der Waals surface area contributed by atoms with Gasteiger partial charge in [-0.3, -0.25) is 10.1 Å². The van der Waals surface area contributed by atoms with E-state index in [4.69, 9.17) is 10.2 Å². The number of nitrogens with two attached hydrogens (primary N) is 1. The van der Waals surface area contributed by atoms with Gasteiger partial charge in [-0.25, -0.2) is 0 Å². The van der Waals surface area contributed by atoms with Crippen molar-refractivity contribution in [3.8, 4) is 0 Å². The number of nitrogens with one attached hydrogen (secondary N) is 1. The van der Waals surface area contributed by atoms with Gasteiger partial charge >= 0.3 is 0 Å². The third-order valence-electron chi connectivity index (χ3n) is 3.91. The summed E-state index contributed by atoms with van der Waals surface area (Å²) in [7, 11) is 0. The second-order valence-electron chi connectivity index (χ2n) is 5.61. The van der Waals surface area contributed by atoms with E-state index in [1.807, 2.05) is 24.3 Å². The average Bonchev–Trinajstić information content (AvgIpc) is 3.13. The van der Waals surface area contributed by atoms with Crippen molar-refractivity contribution in [3.05, 3.63) is 34.5 Å². The van der Waals surface area contributed by atoms with E-state index in [0.29, 0.717) is 11.7 Å². The highest BCUT2D eigenvalue weighted by Crippen LogP contribution is 2.32. The normalized spacial score (nSPS) is 18.1. The van der Waals surface area contributed by atoms with Gasteiger partial charge in [0.05, 0.1) is 0 Å². The molecule has 5 heteroatoms. The summed E-state index contributed by atoms with van der Waals surface area (Å²) in [6.07, 6.45) is 2.43. The molecular weight excluding hydrogens is 320 g/mol. The van der Waals surface area contributed by atoms with Gasteiger partial charge in [-0.2, -0.15) is 0 Å². The van der Waals surface area contributed by atoms with Gasteiger partial charge in [0, 0.05) is 9.86 Å². The predicted molar refractivity (Wildman–Crippen MR) is 81.2 cm³/mol. The molecule has 1 aromatic carbocycles. The molecule has 0 bridgehead atoms. The van der Waals surface area contributed by atoms with Gasteiger partial charge in [-0.1, -0.05) is 15.9 Å². The third-order valence-corrected chi connectivity index (χ3v) is 4.40. The number of primary amides is 1. The Morgan fingerprint density at radius 2 is 2.25 bits per heavy atom. The van der Waals surface area contributed by atoms with E-state index in [-0.39, 0.29) is 0 Å². The quantitative estimate of drug-likeness (QED) is 0.882. The van der Waals surface area contributed by atoms with Crippen LogP contribution >= 0.6 is 15.9 Å². The lowest BCUT2D eigenvalue weighted by Gasteiger charge is -2.25. The van der Waals surface area contributed by atoms with Gasteiger partial charge in [0.15, 0.2) is 5.54 Å². The highest BCUT2D eigenvalue weighted by Gasteiger charge is 2.38. The topological polar surface area (TPSA) is 68.3 Å². The van der Waals surface area contributed by atoms with Crippen LogP contribution in [-0.2, 0) is 10.3 Å². The molecule has 0 spiro atoms. The van der Waals surface area contributed by atoms with Crippen LogP contribution in [0.25, 0.3) is 11.0 Å². The Labute approximate surface area is 125 Å². The number of halogens is 1. The fourth-order valence-electron chi connectivity index (χ4n) is 2.23. The molecule has 1 fully saturated rings. The third kappa shape index (κ3) is 2.47. The lowest BCUT2D eigenvalue weighted by Crippen LogP contribution is -2.50. The van der Waals surface area contributed by atoms with Crippen LogP contribution in [0.15, 0.2) is 33.2 Å². The van der Waals surface area contributed by atoms with E-state index in [9.17, 15) is 4.79 Å². The first-order chi connectivity index (χ1) is 9.49. The van der Waals surface area contributed by atoms with Crippen molar-refractivity contribution in [2.24, 2.45) is 11.7 Å². The maximum absolute atomic E-state index is 11.9. The number of amides is 1. The summed E-state index contributed by atoms with van der Waals surface area (Å²) in [6, 6.07) is 7.63. The van der Waals surface area contributed by atoms with Crippen LogP contribution in [-0.4, -0.2) is 12.5 Å². The number of hydrogen-bond acceptors (Lipinski definition) is 3. The molecule has 1 saturated carbocycles. The van der Waals surface area contributed by atoms with Crippen molar-refractivity contribution >= 4 is 32.8 Å². The maximum atomic E-state index is 11.9. The van der Waals surface area contributed by atoms with Crippen molar-refractivity contribution in [3.63, 3.8) is 0 Å². The van der Waals surface area contributed by atoms with Crippen molar-refractivity contribution in [2.75, 3.05) is 6.54 Å². The number of hydrogen-bond donors (Lipinski definition) is 2. The Kier molecular flexibility index (Phi) is 3.34. The molecule has 1 amide bonds. The molecule has 1 heterocycles. The zero-order valence-corrected chi connectivity index (χ0v) is 12.9. The van der Waals surface area contributed by atoms with Crippen molar-refractivity contribution in [1.29, 1.82) is 0 Å². The highest BCUT2D eigenvalue weighted by atomic mass is 79.9. The minimum atomic E-state index is -0.964. The number of furan rings is 1. The molecule has 0 radical (unpaired) electrons. The number of rotatable bonds is 5.